The number of nitrogens with one attached hydrogen (secondary N) is 1. The molecule has 0 unspecified atom stereocenters. The SMILES string of the molecule is CCOc1ccc(-c2nccn2[C@@H]2CCN[C@H](CC)C2)cc1CO. The van der Waals surface area contributed by atoms with Crippen LogP contribution in [0.2, 0.25) is 0 Å². The van der Waals surface area contributed by atoms with Crippen molar-refractivity contribution in [2.75, 3.05) is 13.2 Å². The predicted molar refractivity (Wildman–Crippen MR) is 95.1 cm³/mol. The number of benzene rings is 1. The highest BCUT2D eigenvalue weighted by Gasteiger charge is 2.23. The van der Waals surface area contributed by atoms with Crippen LogP contribution in [-0.4, -0.2) is 33.9 Å². The number of hydrogen-bond donors (Lipinski definition) is 2. The molecule has 1 fully saturated rings. The van der Waals surface area contributed by atoms with E-state index in [9.17, 15) is 5.11 Å². The summed E-state index contributed by atoms with van der Waals surface area (Å²) in [5.41, 5.74) is 1.83. The van der Waals surface area contributed by atoms with E-state index in [1.165, 1.54) is 0 Å². The van der Waals surface area contributed by atoms with Crippen molar-refractivity contribution in [2.45, 2.75) is 51.8 Å². The Hall–Kier alpha value is -1.85. The summed E-state index contributed by atoms with van der Waals surface area (Å²) in [7, 11) is 0. The number of ether oxygens (including phenoxy) is 1. The van der Waals surface area contributed by atoms with Gasteiger partial charge in [0.2, 0.25) is 0 Å². The Bertz CT molecular complexity index is 668. The average molecular weight is 329 g/mol. The van der Waals surface area contributed by atoms with Gasteiger partial charge in [-0.1, -0.05) is 6.92 Å². The molecule has 0 bridgehead atoms. The van der Waals surface area contributed by atoms with Crippen LogP contribution in [0.3, 0.4) is 0 Å². The molecule has 2 heterocycles. The number of aliphatic hydroxyl groups excluding tert-OH is 1. The topological polar surface area (TPSA) is 59.3 Å². The minimum atomic E-state index is -0.0326. The second-order valence-corrected chi connectivity index (χ2v) is 6.31. The van der Waals surface area contributed by atoms with E-state index in [4.69, 9.17) is 4.74 Å². The van der Waals surface area contributed by atoms with E-state index in [2.05, 4.69) is 28.0 Å². The first-order chi connectivity index (χ1) is 11.8. The minimum Gasteiger partial charge on any atom is -0.494 e. The standard InChI is InChI=1S/C19H27N3O2/c1-3-16-12-17(7-8-20-16)22-10-9-21-19(22)14-5-6-18(24-4-2)15(11-14)13-23/h5-6,9-11,16-17,20,23H,3-4,7-8,12-13H2,1-2H3/t16-,17-/m1/s1. The van der Waals surface area contributed by atoms with Gasteiger partial charge in [0, 0.05) is 35.6 Å². The lowest BCUT2D eigenvalue weighted by Gasteiger charge is -2.31. The molecular formula is C19H27N3O2. The minimum absolute atomic E-state index is 0.0326. The van der Waals surface area contributed by atoms with Crippen LogP contribution >= 0.6 is 0 Å². The molecular weight excluding hydrogens is 302 g/mol. The second-order valence-electron chi connectivity index (χ2n) is 6.31. The van der Waals surface area contributed by atoms with E-state index >= 15 is 0 Å². The van der Waals surface area contributed by atoms with Crippen molar-refractivity contribution < 1.29 is 9.84 Å². The lowest BCUT2D eigenvalue weighted by atomic mass is 9.97. The fraction of sp³-hybridized carbons (Fsp3) is 0.526. The van der Waals surface area contributed by atoms with Crippen LogP contribution in [0.1, 0.15) is 44.7 Å². The molecule has 3 rings (SSSR count). The van der Waals surface area contributed by atoms with Gasteiger partial charge >= 0.3 is 0 Å². The summed E-state index contributed by atoms with van der Waals surface area (Å²) >= 11 is 0. The number of piperidine rings is 1. The number of nitrogens with zero attached hydrogens (tertiary/aromatic N) is 2. The number of hydrogen-bond acceptors (Lipinski definition) is 4. The fourth-order valence-electron chi connectivity index (χ4n) is 3.52. The van der Waals surface area contributed by atoms with E-state index in [1.54, 1.807) is 0 Å². The first-order valence-electron chi connectivity index (χ1n) is 8.90. The molecule has 2 aromatic rings. The molecule has 1 aromatic carbocycles. The van der Waals surface area contributed by atoms with Gasteiger partial charge in [-0.3, -0.25) is 0 Å². The molecule has 2 atom stereocenters. The van der Waals surface area contributed by atoms with E-state index in [-0.39, 0.29) is 6.61 Å². The number of aromatic nitrogens is 2. The van der Waals surface area contributed by atoms with Crippen molar-refractivity contribution in [1.29, 1.82) is 0 Å². The summed E-state index contributed by atoms with van der Waals surface area (Å²) in [6, 6.07) is 7.00. The molecule has 1 aromatic heterocycles. The Morgan fingerprint density at radius 1 is 1.38 bits per heavy atom. The Morgan fingerprint density at radius 3 is 3.00 bits per heavy atom. The zero-order valence-corrected chi connectivity index (χ0v) is 14.5. The van der Waals surface area contributed by atoms with Gasteiger partial charge in [-0.2, -0.15) is 0 Å². The average Bonchev–Trinajstić information content (AvgIpc) is 3.12. The fourth-order valence-corrected chi connectivity index (χ4v) is 3.52. The lowest BCUT2D eigenvalue weighted by Crippen LogP contribution is -2.38. The Balaban J connectivity index is 1.89. The molecule has 0 spiro atoms. The third kappa shape index (κ3) is 3.47. The van der Waals surface area contributed by atoms with Crippen LogP contribution in [0.15, 0.2) is 30.6 Å². The van der Waals surface area contributed by atoms with E-state index in [0.717, 1.165) is 48.5 Å². The summed E-state index contributed by atoms with van der Waals surface area (Å²) in [5, 5.41) is 13.2. The molecule has 1 aliphatic heterocycles. The van der Waals surface area contributed by atoms with Crippen LogP contribution in [0, 0.1) is 0 Å². The molecule has 24 heavy (non-hydrogen) atoms. The largest absolute Gasteiger partial charge is 0.494 e. The molecule has 0 aliphatic carbocycles. The summed E-state index contributed by atoms with van der Waals surface area (Å²) in [4.78, 5) is 4.58. The van der Waals surface area contributed by atoms with Crippen molar-refractivity contribution in [3.8, 4) is 17.1 Å². The van der Waals surface area contributed by atoms with Crippen molar-refractivity contribution in [2.24, 2.45) is 0 Å². The molecule has 1 aliphatic rings. The maximum Gasteiger partial charge on any atom is 0.140 e. The monoisotopic (exact) mass is 329 g/mol. The highest BCUT2D eigenvalue weighted by Crippen LogP contribution is 2.31. The maximum atomic E-state index is 9.64. The maximum absolute atomic E-state index is 9.64. The zero-order chi connectivity index (χ0) is 16.9. The highest BCUT2D eigenvalue weighted by atomic mass is 16.5. The number of aliphatic hydroxyl groups is 1. The van der Waals surface area contributed by atoms with Crippen LogP contribution in [0.4, 0.5) is 0 Å². The van der Waals surface area contributed by atoms with Crippen LogP contribution in [0.5, 0.6) is 5.75 Å². The lowest BCUT2D eigenvalue weighted by molar-refractivity contribution is 0.267. The van der Waals surface area contributed by atoms with Crippen molar-refractivity contribution >= 4 is 0 Å². The van der Waals surface area contributed by atoms with Gasteiger partial charge in [0.25, 0.3) is 0 Å². The number of rotatable bonds is 6. The van der Waals surface area contributed by atoms with Gasteiger partial charge in [0.15, 0.2) is 0 Å². The van der Waals surface area contributed by atoms with E-state index in [0.29, 0.717) is 18.7 Å². The van der Waals surface area contributed by atoms with Crippen LogP contribution in [0.25, 0.3) is 11.4 Å². The molecule has 1 saturated heterocycles. The summed E-state index contributed by atoms with van der Waals surface area (Å²) < 4.78 is 7.87. The smallest absolute Gasteiger partial charge is 0.140 e. The zero-order valence-electron chi connectivity index (χ0n) is 14.5. The Labute approximate surface area is 143 Å². The van der Waals surface area contributed by atoms with Gasteiger partial charge in [-0.05, 0) is 50.9 Å². The predicted octanol–water partition coefficient (Wildman–Crippen LogP) is 3.14. The normalized spacial score (nSPS) is 21.0. The summed E-state index contributed by atoms with van der Waals surface area (Å²) in [5.74, 6) is 1.71. The van der Waals surface area contributed by atoms with Gasteiger partial charge < -0.3 is 19.7 Å². The van der Waals surface area contributed by atoms with Crippen LogP contribution < -0.4 is 10.1 Å². The molecule has 2 N–H and O–H groups in total. The molecule has 0 radical (unpaired) electrons. The van der Waals surface area contributed by atoms with Crippen molar-refractivity contribution in [3.63, 3.8) is 0 Å². The number of imidazole rings is 1. The highest BCUT2D eigenvalue weighted by molar-refractivity contribution is 5.59. The molecule has 0 saturated carbocycles. The van der Waals surface area contributed by atoms with Gasteiger partial charge in [-0.15, -0.1) is 0 Å². The first kappa shape index (κ1) is 17.0. The molecule has 130 valence electrons. The Morgan fingerprint density at radius 2 is 2.25 bits per heavy atom. The summed E-state index contributed by atoms with van der Waals surface area (Å²) in [6.07, 6.45) is 7.34. The third-order valence-electron chi connectivity index (χ3n) is 4.81. The van der Waals surface area contributed by atoms with Crippen molar-refractivity contribution in [3.05, 3.63) is 36.2 Å². The van der Waals surface area contributed by atoms with Gasteiger partial charge in [0.05, 0.1) is 13.2 Å². The second kappa shape index (κ2) is 7.81. The third-order valence-corrected chi connectivity index (χ3v) is 4.81. The van der Waals surface area contributed by atoms with E-state index < -0.39 is 0 Å². The van der Waals surface area contributed by atoms with E-state index in [1.807, 2.05) is 31.3 Å². The van der Waals surface area contributed by atoms with Crippen molar-refractivity contribution in [1.82, 2.24) is 14.9 Å². The van der Waals surface area contributed by atoms with Crippen LogP contribution in [-0.2, 0) is 6.61 Å². The van der Waals surface area contributed by atoms with Gasteiger partial charge in [-0.25, -0.2) is 4.98 Å². The van der Waals surface area contributed by atoms with Gasteiger partial charge in [0.1, 0.15) is 11.6 Å². The molecule has 0 amide bonds. The first-order valence-corrected chi connectivity index (χ1v) is 8.90. The quantitative estimate of drug-likeness (QED) is 0.855. The molecule has 5 nitrogen and oxygen atoms in total. The Kier molecular flexibility index (Phi) is 5.53. The summed E-state index contributed by atoms with van der Waals surface area (Å²) in [6.45, 7) is 5.79. The molecule has 5 heteroatoms.